The number of carbonyl (C=O) groups is 1. The second kappa shape index (κ2) is 8.41. The van der Waals surface area contributed by atoms with E-state index in [1.54, 1.807) is 0 Å². The fourth-order valence-electron chi connectivity index (χ4n) is 9.29. The minimum atomic E-state index is -0.0533. The summed E-state index contributed by atoms with van der Waals surface area (Å²) in [5.41, 5.74) is 0.945. The van der Waals surface area contributed by atoms with Gasteiger partial charge in [-0.15, -0.1) is 0 Å². The van der Waals surface area contributed by atoms with E-state index >= 15 is 0 Å². The molecule has 0 heterocycles. The molecule has 0 aromatic heterocycles. The molecule has 0 radical (unpaired) electrons. The highest BCUT2D eigenvalue weighted by Gasteiger charge is 2.63. The van der Waals surface area contributed by atoms with Crippen molar-refractivity contribution in [3.63, 3.8) is 0 Å². The third kappa shape index (κ3) is 3.55. The summed E-state index contributed by atoms with van der Waals surface area (Å²) in [7, 11) is 3.49. The van der Waals surface area contributed by atoms with Gasteiger partial charge < -0.3 is 9.47 Å². The topological polar surface area (TPSA) is 35.5 Å². The van der Waals surface area contributed by atoms with Crippen molar-refractivity contribution in [3.8, 4) is 0 Å². The first-order valence-electron chi connectivity index (χ1n) is 12.8. The third-order valence-electron chi connectivity index (χ3n) is 11.0. The van der Waals surface area contributed by atoms with Crippen molar-refractivity contribution in [3.05, 3.63) is 0 Å². The van der Waals surface area contributed by atoms with Gasteiger partial charge in [-0.25, -0.2) is 0 Å². The Morgan fingerprint density at radius 2 is 1.70 bits per heavy atom. The molecule has 4 aliphatic rings. The summed E-state index contributed by atoms with van der Waals surface area (Å²) >= 11 is 0. The van der Waals surface area contributed by atoms with E-state index in [1.807, 2.05) is 7.11 Å². The maximum Gasteiger partial charge on any atom is 0.305 e. The van der Waals surface area contributed by atoms with Gasteiger partial charge in [-0.2, -0.15) is 0 Å². The molecule has 4 rings (SSSR count). The highest BCUT2D eigenvalue weighted by Crippen LogP contribution is 2.69. The molecule has 4 aliphatic carbocycles. The number of hydrogen-bond donors (Lipinski definition) is 0. The van der Waals surface area contributed by atoms with Crippen LogP contribution in [0.4, 0.5) is 0 Å². The monoisotopic (exact) mass is 418 g/mol. The zero-order valence-corrected chi connectivity index (χ0v) is 20.4. The first-order chi connectivity index (χ1) is 14.2. The van der Waals surface area contributed by atoms with Gasteiger partial charge in [0.25, 0.3) is 0 Å². The number of methoxy groups -OCH3 is 2. The van der Waals surface area contributed by atoms with Gasteiger partial charge in [0.2, 0.25) is 0 Å². The first-order valence-corrected chi connectivity index (χ1v) is 12.8. The Morgan fingerprint density at radius 3 is 2.40 bits per heavy atom. The van der Waals surface area contributed by atoms with E-state index in [0.29, 0.717) is 29.3 Å². The van der Waals surface area contributed by atoms with Gasteiger partial charge in [-0.05, 0) is 104 Å². The van der Waals surface area contributed by atoms with E-state index in [-0.39, 0.29) is 5.97 Å². The summed E-state index contributed by atoms with van der Waals surface area (Å²) in [4.78, 5) is 11.7. The Hall–Kier alpha value is -0.570. The average Bonchev–Trinajstić information content (AvgIpc) is 3.09. The van der Waals surface area contributed by atoms with Crippen molar-refractivity contribution >= 4 is 5.97 Å². The predicted octanol–water partition coefficient (Wildman–Crippen LogP) is 6.50. The van der Waals surface area contributed by atoms with E-state index in [0.717, 1.165) is 41.9 Å². The SMILES string of the molecule is COC(=O)CC[C@@H](C)[C@H]1CC[C@H]2[C@@H]3[C@@H](OC)C[C@@H]4C[C@H](C)CC[C@]4(C)[C@H]3CC[C@]12C. The lowest BCUT2D eigenvalue weighted by Crippen LogP contribution is -2.58. The fourth-order valence-corrected chi connectivity index (χ4v) is 9.29. The zero-order chi connectivity index (χ0) is 21.7. The normalized spacial score (nSPS) is 48.9. The molecule has 0 aromatic rings. The smallest absolute Gasteiger partial charge is 0.305 e. The third-order valence-corrected chi connectivity index (χ3v) is 11.0. The van der Waals surface area contributed by atoms with Crippen molar-refractivity contribution in [2.75, 3.05) is 14.2 Å². The lowest BCUT2D eigenvalue weighted by atomic mass is 9.43. The van der Waals surface area contributed by atoms with Crippen LogP contribution in [0.2, 0.25) is 0 Å². The van der Waals surface area contributed by atoms with Gasteiger partial charge in [0.1, 0.15) is 0 Å². The molecule has 4 fully saturated rings. The van der Waals surface area contributed by atoms with Gasteiger partial charge in [-0.1, -0.05) is 34.1 Å². The van der Waals surface area contributed by atoms with Crippen LogP contribution in [-0.2, 0) is 14.3 Å². The highest BCUT2D eigenvalue weighted by atomic mass is 16.5. The summed E-state index contributed by atoms with van der Waals surface area (Å²) < 4.78 is 11.2. The van der Waals surface area contributed by atoms with Gasteiger partial charge in [-0.3, -0.25) is 4.79 Å². The molecule has 30 heavy (non-hydrogen) atoms. The Morgan fingerprint density at radius 1 is 1.00 bits per heavy atom. The van der Waals surface area contributed by atoms with E-state index in [1.165, 1.54) is 58.5 Å². The molecule has 0 amide bonds. The molecule has 0 N–H and O–H groups in total. The molecular formula is C27H46O3. The van der Waals surface area contributed by atoms with Crippen LogP contribution in [0, 0.1) is 52.3 Å². The Bertz CT molecular complexity index is 632. The standard InChI is InChI=1S/C27H46O3/c1-17-11-13-26(3)19(15-17)16-23(29-5)25-21-9-8-20(18(2)7-10-24(28)30-6)27(21,4)14-12-22(25)26/h17-23,25H,7-16H2,1-6H3/t17-,18-,19+,20-,21+,22+,23+,25+,26+,27-/m1/s1. The molecule has 10 atom stereocenters. The summed E-state index contributed by atoms with van der Waals surface area (Å²) in [6.45, 7) is 10.1. The minimum Gasteiger partial charge on any atom is -0.469 e. The number of fused-ring (bicyclic) bond motifs is 5. The van der Waals surface area contributed by atoms with Gasteiger partial charge in [0, 0.05) is 13.5 Å². The maximum absolute atomic E-state index is 11.7. The number of carbonyl (C=O) groups excluding carboxylic acids is 1. The van der Waals surface area contributed by atoms with Gasteiger partial charge in [0.05, 0.1) is 13.2 Å². The first kappa shape index (κ1) is 22.6. The number of hydrogen-bond acceptors (Lipinski definition) is 3. The van der Waals surface area contributed by atoms with E-state index < -0.39 is 0 Å². The molecule has 3 nitrogen and oxygen atoms in total. The molecular weight excluding hydrogens is 372 g/mol. The summed E-state index contributed by atoms with van der Waals surface area (Å²) in [5, 5.41) is 0. The van der Waals surface area contributed by atoms with Crippen molar-refractivity contribution in [2.24, 2.45) is 52.3 Å². The van der Waals surface area contributed by atoms with Crippen LogP contribution in [0.25, 0.3) is 0 Å². The van der Waals surface area contributed by atoms with Crippen LogP contribution >= 0.6 is 0 Å². The molecule has 4 saturated carbocycles. The number of esters is 1. The second-order valence-corrected chi connectivity index (χ2v) is 12.2. The van der Waals surface area contributed by atoms with Crippen LogP contribution in [0.3, 0.4) is 0 Å². The molecule has 0 aromatic carbocycles. The number of rotatable bonds is 5. The molecule has 0 unspecified atom stereocenters. The Balaban J connectivity index is 1.55. The largest absolute Gasteiger partial charge is 0.469 e. The second-order valence-electron chi connectivity index (χ2n) is 12.2. The molecule has 0 aliphatic heterocycles. The Labute approximate surface area is 185 Å². The van der Waals surface area contributed by atoms with Crippen LogP contribution in [0.5, 0.6) is 0 Å². The maximum atomic E-state index is 11.7. The van der Waals surface area contributed by atoms with Crippen molar-refractivity contribution in [1.82, 2.24) is 0 Å². The molecule has 0 bridgehead atoms. The van der Waals surface area contributed by atoms with Crippen LogP contribution in [0.15, 0.2) is 0 Å². The quantitative estimate of drug-likeness (QED) is 0.478. The lowest BCUT2D eigenvalue weighted by molar-refractivity contribution is -0.176. The van der Waals surface area contributed by atoms with Crippen molar-refractivity contribution in [1.29, 1.82) is 0 Å². The summed E-state index contributed by atoms with van der Waals surface area (Å²) in [6, 6.07) is 0. The molecule has 172 valence electrons. The number of ether oxygens (including phenoxy) is 2. The van der Waals surface area contributed by atoms with Crippen LogP contribution in [-0.4, -0.2) is 26.3 Å². The van der Waals surface area contributed by atoms with Gasteiger partial charge >= 0.3 is 5.97 Å². The fraction of sp³-hybridized carbons (Fsp3) is 0.963. The highest BCUT2D eigenvalue weighted by molar-refractivity contribution is 5.69. The van der Waals surface area contributed by atoms with E-state index in [9.17, 15) is 4.79 Å². The molecule has 0 saturated heterocycles. The molecule has 0 spiro atoms. The molecule has 3 heteroatoms. The van der Waals surface area contributed by atoms with Crippen LogP contribution in [0.1, 0.15) is 91.9 Å². The lowest BCUT2D eigenvalue weighted by Gasteiger charge is -2.63. The van der Waals surface area contributed by atoms with Crippen molar-refractivity contribution in [2.45, 2.75) is 98.0 Å². The van der Waals surface area contributed by atoms with Crippen LogP contribution < -0.4 is 0 Å². The predicted molar refractivity (Wildman–Crippen MR) is 121 cm³/mol. The summed E-state index contributed by atoms with van der Waals surface area (Å²) in [6.07, 6.45) is 13.0. The van der Waals surface area contributed by atoms with Gasteiger partial charge in [0.15, 0.2) is 0 Å². The Kier molecular flexibility index (Phi) is 6.34. The van der Waals surface area contributed by atoms with E-state index in [4.69, 9.17) is 9.47 Å². The minimum absolute atomic E-state index is 0.0533. The summed E-state index contributed by atoms with van der Waals surface area (Å²) in [5.74, 6) is 5.40. The average molecular weight is 419 g/mol. The van der Waals surface area contributed by atoms with E-state index in [2.05, 4.69) is 27.7 Å². The zero-order valence-electron chi connectivity index (χ0n) is 20.4. The van der Waals surface area contributed by atoms with Crippen molar-refractivity contribution < 1.29 is 14.3 Å².